The second kappa shape index (κ2) is 6.44. The summed E-state index contributed by atoms with van der Waals surface area (Å²) in [4.78, 5) is 0. The smallest absolute Gasteiger partial charge is 0.0146 e. The van der Waals surface area contributed by atoms with Gasteiger partial charge in [0.15, 0.2) is 0 Å². The van der Waals surface area contributed by atoms with E-state index >= 15 is 0 Å². The predicted octanol–water partition coefficient (Wildman–Crippen LogP) is 7.33. The number of fused-ring (bicyclic) bond motifs is 1. The molecule has 0 saturated heterocycles. The minimum Gasteiger partial charge on any atom is -0.0587 e. The van der Waals surface area contributed by atoms with E-state index in [1.165, 1.54) is 33.0 Å². The zero-order valence-electron chi connectivity index (χ0n) is 15.6. The Morgan fingerprint density at radius 2 is 1.00 bits per heavy atom. The van der Waals surface area contributed by atoms with E-state index in [2.05, 4.69) is 79.7 Å². The van der Waals surface area contributed by atoms with E-state index in [4.69, 9.17) is 0 Å². The van der Waals surface area contributed by atoms with Gasteiger partial charge in [0, 0.05) is 0 Å². The number of hydrogen-bond acceptors (Lipinski definition) is 0. The molecule has 2 aromatic rings. The van der Waals surface area contributed by atoms with Crippen LogP contribution in [0, 0.1) is 0 Å². The van der Waals surface area contributed by atoms with Gasteiger partial charge in [-0.1, -0.05) is 79.7 Å². The molecule has 120 valence electrons. The molecule has 0 heterocycles. The van der Waals surface area contributed by atoms with E-state index in [-0.39, 0.29) is 0 Å². The minimum absolute atomic E-state index is 0.561. The van der Waals surface area contributed by atoms with Gasteiger partial charge in [0.05, 0.1) is 0 Å². The fraction of sp³-hybridized carbons (Fsp3) is 0.545. The molecule has 0 bridgehead atoms. The third-order valence-electron chi connectivity index (χ3n) is 4.74. The van der Waals surface area contributed by atoms with Crippen molar-refractivity contribution in [1.82, 2.24) is 0 Å². The van der Waals surface area contributed by atoms with Gasteiger partial charge in [-0.2, -0.15) is 0 Å². The average molecular weight is 296 g/mol. The van der Waals surface area contributed by atoms with Crippen LogP contribution < -0.4 is 0 Å². The summed E-state index contributed by atoms with van der Waals surface area (Å²) in [5, 5.41) is 2.87. The highest BCUT2D eigenvalue weighted by Gasteiger charge is 2.15. The van der Waals surface area contributed by atoms with E-state index < -0.39 is 0 Å². The maximum Gasteiger partial charge on any atom is -0.0146 e. The Morgan fingerprint density at radius 1 is 0.500 bits per heavy atom. The average Bonchev–Trinajstić information content (AvgIpc) is 2.43. The van der Waals surface area contributed by atoms with Crippen LogP contribution in [0.2, 0.25) is 0 Å². The third-order valence-corrected chi connectivity index (χ3v) is 4.74. The van der Waals surface area contributed by atoms with E-state index in [1.807, 2.05) is 0 Å². The summed E-state index contributed by atoms with van der Waals surface area (Å²) in [6.45, 7) is 18.4. The zero-order valence-corrected chi connectivity index (χ0v) is 15.6. The van der Waals surface area contributed by atoms with Crippen molar-refractivity contribution in [3.05, 3.63) is 46.5 Å². The molecule has 22 heavy (non-hydrogen) atoms. The lowest BCUT2D eigenvalue weighted by molar-refractivity contribution is 0.791. The molecule has 2 rings (SSSR count). The molecule has 0 aliphatic heterocycles. The maximum absolute atomic E-state index is 2.47. The van der Waals surface area contributed by atoms with Gasteiger partial charge >= 0.3 is 0 Å². The molecule has 0 aliphatic rings. The first kappa shape index (κ1) is 17.1. The second-order valence-corrected chi connectivity index (χ2v) is 7.93. The molecule has 0 heteroatoms. The first-order valence-electron chi connectivity index (χ1n) is 8.83. The first-order valence-corrected chi connectivity index (χ1v) is 8.83. The fourth-order valence-electron chi connectivity index (χ4n) is 3.31. The van der Waals surface area contributed by atoms with Gasteiger partial charge in [0.1, 0.15) is 0 Å². The largest absolute Gasteiger partial charge is 0.0587 e. The second-order valence-electron chi connectivity index (χ2n) is 7.93. The Morgan fingerprint density at radius 3 is 1.45 bits per heavy atom. The van der Waals surface area contributed by atoms with Crippen molar-refractivity contribution in [3.8, 4) is 0 Å². The molecular weight excluding hydrogens is 264 g/mol. The highest BCUT2D eigenvalue weighted by atomic mass is 14.2. The summed E-state index contributed by atoms with van der Waals surface area (Å²) in [6.07, 6.45) is 0. The molecular formula is C22H32. The lowest BCUT2D eigenvalue weighted by Crippen LogP contribution is -2.02. The summed E-state index contributed by atoms with van der Waals surface area (Å²) in [7, 11) is 0. The fourth-order valence-corrected chi connectivity index (χ4v) is 3.31. The molecule has 0 unspecified atom stereocenters. The van der Waals surface area contributed by atoms with Crippen LogP contribution in [0.1, 0.15) is 101 Å². The Hall–Kier alpha value is -1.30. The molecule has 0 aromatic heterocycles. The number of benzene rings is 2. The maximum atomic E-state index is 2.47. The molecule has 0 aliphatic carbocycles. The topological polar surface area (TPSA) is 0 Å². The lowest BCUT2D eigenvalue weighted by atomic mass is 9.84. The van der Waals surface area contributed by atoms with Crippen molar-refractivity contribution in [2.75, 3.05) is 0 Å². The number of hydrogen-bond donors (Lipinski definition) is 0. The van der Waals surface area contributed by atoms with Gasteiger partial charge < -0.3 is 0 Å². The molecule has 0 fully saturated rings. The van der Waals surface area contributed by atoms with Gasteiger partial charge in [0.25, 0.3) is 0 Å². The van der Waals surface area contributed by atoms with E-state index in [1.54, 1.807) is 0 Å². The first-order chi connectivity index (χ1) is 10.2. The van der Waals surface area contributed by atoms with Crippen LogP contribution in [-0.4, -0.2) is 0 Å². The lowest BCUT2D eigenvalue weighted by Gasteiger charge is -2.21. The Balaban J connectivity index is 2.84. The van der Waals surface area contributed by atoms with Gasteiger partial charge in [-0.25, -0.2) is 0 Å². The number of rotatable bonds is 4. The van der Waals surface area contributed by atoms with Crippen LogP contribution in [0.3, 0.4) is 0 Å². The molecule has 0 nitrogen and oxygen atoms in total. The highest BCUT2D eigenvalue weighted by molar-refractivity contribution is 5.89. The van der Waals surface area contributed by atoms with E-state index in [0.29, 0.717) is 23.7 Å². The van der Waals surface area contributed by atoms with E-state index in [9.17, 15) is 0 Å². The highest BCUT2D eigenvalue weighted by Crippen LogP contribution is 2.36. The van der Waals surface area contributed by atoms with Crippen LogP contribution in [-0.2, 0) is 0 Å². The van der Waals surface area contributed by atoms with Gasteiger partial charge in [-0.05, 0) is 56.7 Å². The standard InChI is InChI=1S/C22H32/c1-13(2)17-9-18-11-19(14(3)4)21(16(7)8)12-22(18)20(10-17)15(5)6/h9-16H,1-8H3. The molecule has 0 radical (unpaired) electrons. The molecule has 0 spiro atoms. The zero-order chi connectivity index (χ0) is 16.6. The third kappa shape index (κ3) is 3.21. The van der Waals surface area contributed by atoms with Crippen LogP contribution in [0.15, 0.2) is 24.3 Å². The van der Waals surface area contributed by atoms with E-state index in [0.717, 1.165) is 0 Å². The summed E-state index contributed by atoms with van der Waals surface area (Å²) >= 11 is 0. The molecule has 0 saturated carbocycles. The predicted molar refractivity (Wildman–Crippen MR) is 100 cm³/mol. The Kier molecular flexibility index (Phi) is 5.00. The van der Waals surface area contributed by atoms with Gasteiger partial charge in [-0.15, -0.1) is 0 Å². The van der Waals surface area contributed by atoms with Crippen molar-refractivity contribution in [2.24, 2.45) is 0 Å². The van der Waals surface area contributed by atoms with Crippen molar-refractivity contribution < 1.29 is 0 Å². The quantitative estimate of drug-likeness (QED) is 0.554. The molecule has 0 N–H and O–H groups in total. The molecule has 2 aromatic carbocycles. The van der Waals surface area contributed by atoms with Crippen molar-refractivity contribution in [3.63, 3.8) is 0 Å². The van der Waals surface area contributed by atoms with Crippen LogP contribution in [0.25, 0.3) is 10.8 Å². The van der Waals surface area contributed by atoms with Crippen LogP contribution in [0.5, 0.6) is 0 Å². The van der Waals surface area contributed by atoms with Crippen molar-refractivity contribution >= 4 is 10.8 Å². The summed E-state index contributed by atoms with van der Waals surface area (Å²) in [5.74, 6) is 2.29. The monoisotopic (exact) mass is 296 g/mol. The SMILES string of the molecule is CC(C)c1cc(C(C)C)c2cc(C(C)C)c(C(C)C)cc2c1. The Bertz CT molecular complexity index is 657. The van der Waals surface area contributed by atoms with Crippen LogP contribution in [0.4, 0.5) is 0 Å². The van der Waals surface area contributed by atoms with Crippen molar-refractivity contribution in [1.29, 1.82) is 0 Å². The Labute approximate surface area is 136 Å². The minimum atomic E-state index is 0.561. The van der Waals surface area contributed by atoms with Crippen molar-refractivity contribution in [2.45, 2.75) is 79.1 Å². The normalized spacial score (nSPS) is 12.4. The summed E-state index contributed by atoms with van der Waals surface area (Å²) in [5.41, 5.74) is 5.99. The van der Waals surface area contributed by atoms with Gasteiger partial charge in [0.2, 0.25) is 0 Å². The van der Waals surface area contributed by atoms with Crippen LogP contribution >= 0.6 is 0 Å². The summed E-state index contributed by atoms with van der Waals surface area (Å²) in [6, 6.07) is 9.75. The molecule has 0 amide bonds. The molecule has 0 atom stereocenters. The van der Waals surface area contributed by atoms with Gasteiger partial charge in [-0.3, -0.25) is 0 Å². The summed E-state index contributed by atoms with van der Waals surface area (Å²) < 4.78 is 0.